The maximum Gasteiger partial charge on any atom is 0.243 e. The monoisotopic (exact) mass is 359 g/mol. The summed E-state index contributed by atoms with van der Waals surface area (Å²) >= 11 is 5.64. The fraction of sp³-hybridized carbons (Fsp3) is 0.400. The van der Waals surface area contributed by atoms with Crippen LogP contribution in [0.4, 0.5) is 4.39 Å². The Balaban J connectivity index is 2.02. The van der Waals surface area contributed by atoms with Crippen molar-refractivity contribution >= 4 is 21.6 Å². The maximum absolute atomic E-state index is 13.8. The van der Waals surface area contributed by atoms with E-state index in [1.807, 2.05) is 31.5 Å². The molecule has 0 aliphatic rings. The Kier molecular flexibility index (Phi) is 5.44. The first-order valence-electron chi connectivity index (χ1n) is 7.15. The third-order valence-electron chi connectivity index (χ3n) is 3.39. The first-order chi connectivity index (χ1) is 10.7. The first-order valence-corrected chi connectivity index (χ1v) is 9.01. The predicted octanol–water partition coefficient (Wildman–Crippen LogP) is 2.91. The number of sulfonamides is 1. The number of aryl methyl sites for hydroxylation is 2. The summed E-state index contributed by atoms with van der Waals surface area (Å²) in [6, 6.07) is 5.44. The van der Waals surface area contributed by atoms with Crippen LogP contribution in [0.5, 0.6) is 0 Å². The Morgan fingerprint density at radius 1 is 1.35 bits per heavy atom. The lowest BCUT2D eigenvalue weighted by atomic mass is 10.2. The third kappa shape index (κ3) is 4.53. The minimum absolute atomic E-state index is 0.00173. The second kappa shape index (κ2) is 6.98. The van der Waals surface area contributed by atoms with E-state index in [1.165, 1.54) is 6.07 Å². The molecule has 126 valence electrons. The van der Waals surface area contributed by atoms with Crippen LogP contribution in [0.2, 0.25) is 5.02 Å². The van der Waals surface area contributed by atoms with Gasteiger partial charge in [-0.15, -0.1) is 0 Å². The van der Waals surface area contributed by atoms with Gasteiger partial charge in [-0.25, -0.2) is 17.5 Å². The summed E-state index contributed by atoms with van der Waals surface area (Å²) in [6.07, 6.45) is 0. The number of halogens is 2. The van der Waals surface area contributed by atoms with Crippen LogP contribution in [-0.4, -0.2) is 24.7 Å². The molecule has 5 nitrogen and oxygen atoms in total. The molecule has 0 aliphatic carbocycles. The lowest BCUT2D eigenvalue weighted by Crippen LogP contribution is -2.31. The lowest BCUT2D eigenvalue weighted by Gasteiger charge is -2.14. The minimum atomic E-state index is -3.91. The fourth-order valence-electron chi connectivity index (χ4n) is 2.24. The number of rotatable bonds is 6. The zero-order chi connectivity index (χ0) is 17.2. The quantitative estimate of drug-likeness (QED) is 0.862. The van der Waals surface area contributed by atoms with Crippen molar-refractivity contribution in [3.8, 4) is 0 Å². The summed E-state index contributed by atoms with van der Waals surface area (Å²) < 4.78 is 42.4. The summed E-state index contributed by atoms with van der Waals surface area (Å²) in [4.78, 5) is -0.403. The highest BCUT2D eigenvalue weighted by molar-refractivity contribution is 7.89. The highest BCUT2D eigenvalue weighted by Crippen LogP contribution is 2.19. The van der Waals surface area contributed by atoms with Crippen molar-refractivity contribution in [3.63, 3.8) is 0 Å². The molecule has 0 saturated heterocycles. The van der Waals surface area contributed by atoms with Crippen LogP contribution >= 0.6 is 11.6 Å². The molecule has 0 fully saturated rings. The number of aromatic nitrogens is 2. The largest absolute Gasteiger partial charge is 0.269 e. The van der Waals surface area contributed by atoms with Crippen molar-refractivity contribution in [2.24, 2.45) is 5.92 Å². The lowest BCUT2D eigenvalue weighted by molar-refractivity contribution is 0.435. The highest BCUT2D eigenvalue weighted by Gasteiger charge is 2.20. The van der Waals surface area contributed by atoms with Crippen LogP contribution in [0.25, 0.3) is 0 Å². The molecule has 1 unspecified atom stereocenters. The summed E-state index contributed by atoms with van der Waals surface area (Å²) in [5.41, 5.74) is 1.93. The van der Waals surface area contributed by atoms with Gasteiger partial charge in [0, 0.05) is 23.8 Å². The van der Waals surface area contributed by atoms with Gasteiger partial charge in [0.2, 0.25) is 10.0 Å². The van der Waals surface area contributed by atoms with Crippen molar-refractivity contribution in [1.82, 2.24) is 14.5 Å². The van der Waals surface area contributed by atoms with Gasteiger partial charge in [-0.1, -0.05) is 18.5 Å². The number of hydrogen-bond donors (Lipinski definition) is 1. The van der Waals surface area contributed by atoms with Crippen molar-refractivity contribution in [2.75, 3.05) is 6.54 Å². The smallest absolute Gasteiger partial charge is 0.243 e. The molecule has 0 bridgehead atoms. The van der Waals surface area contributed by atoms with E-state index in [0.717, 1.165) is 23.5 Å². The van der Waals surface area contributed by atoms with E-state index in [1.54, 1.807) is 0 Å². The van der Waals surface area contributed by atoms with E-state index in [0.29, 0.717) is 6.54 Å². The topological polar surface area (TPSA) is 64.0 Å². The highest BCUT2D eigenvalue weighted by atomic mass is 35.5. The van der Waals surface area contributed by atoms with Gasteiger partial charge >= 0.3 is 0 Å². The predicted molar refractivity (Wildman–Crippen MR) is 87.5 cm³/mol. The van der Waals surface area contributed by atoms with Gasteiger partial charge in [0.05, 0.1) is 5.69 Å². The second-order valence-corrected chi connectivity index (χ2v) is 7.81. The van der Waals surface area contributed by atoms with E-state index in [2.05, 4.69) is 9.82 Å². The molecule has 0 radical (unpaired) electrons. The molecule has 2 rings (SSSR count). The number of hydrogen-bond acceptors (Lipinski definition) is 3. The van der Waals surface area contributed by atoms with Gasteiger partial charge in [0.25, 0.3) is 0 Å². The molecule has 1 N–H and O–H groups in total. The molecule has 1 aromatic carbocycles. The average Bonchev–Trinajstić information content (AvgIpc) is 2.74. The van der Waals surface area contributed by atoms with Crippen molar-refractivity contribution in [3.05, 3.63) is 46.5 Å². The summed E-state index contributed by atoms with van der Waals surface area (Å²) in [7, 11) is -3.91. The van der Waals surface area contributed by atoms with Gasteiger partial charge in [-0.05, 0) is 44.0 Å². The Bertz CT molecular complexity index is 805. The van der Waals surface area contributed by atoms with Crippen LogP contribution in [-0.2, 0) is 16.6 Å². The SMILES string of the molecule is Cc1cc(C)n(CC(C)CNS(=O)(=O)c2ccc(Cl)cc2F)n1. The first kappa shape index (κ1) is 17.9. The Hall–Kier alpha value is -1.44. The molecule has 2 aromatic rings. The van der Waals surface area contributed by atoms with Crippen molar-refractivity contribution in [2.45, 2.75) is 32.2 Å². The second-order valence-electron chi connectivity index (χ2n) is 5.64. The van der Waals surface area contributed by atoms with Crippen LogP contribution in [0.15, 0.2) is 29.2 Å². The fourth-order valence-corrected chi connectivity index (χ4v) is 3.62. The van der Waals surface area contributed by atoms with E-state index >= 15 is 0 Å². The van der Waals surface area contributed by atoms with Gasteiger partial charge in [0.15, 0.2) is 0 Å². The average molecular weight is 360 g/mol. The minimum Gasteiger partial charge on any atom is -0.269 e. The van der Waals surface area contributed by atoms with E-state index in [9.17, 15) is 12.8 Å². The zero-order valence-electron chi connectivity index (χ0n) is 13.2. The van der Waals surface area contributed by atoms with Crippen LogP contribution in [0, 0.1) is 25.6 Å². The Labute approximate surface area is 140 Å². The van der Waals surface area contributed by atoms with E-state index < -0.39 is 20.7 Å². The van der Waals surface area contributed by atoms with Gasteiger partial charge in [-0.3, -0.25) is 4.68 Å². The molecule has 23 heavy (non-hydrogen) atoms. The molecular formula is C15H19ClFN3O2S. The third-order valence-corrected chi connectivity index (χ3v) is 5.09. The normalized spacial score (nSPS) is 13.3. The van der Waals surface area contributed by atoms with Crippen LogP contribution in [0.3, 0.4) is 0 Å². The molecular weight excluding hydrogens is 341 g/mol. The van der Waals surface area contributed by atoms with Crippen molar-refractivity contribution < 1.29 is 12.8 Å². The van der Waals surface area contributed by atoms with E-state index in [4.69, 9.17) is 11.6 Å². The number of nitrogens with one attached hydrogen (secondary N) is 1. The summed E-state index contributed by atoms with van der Waals surface area (Å²) in [6.45, 7) is 6.51. The van der Waals surface area contributed by atoms with Crippen LogP contribution < -0.4 is 4.72 Å². The zero-order valence-corrected chi connectivity index (χ0v) is 14.7. The molecule has 0 spiro atoms. The molecule has 0 saturated carbocycles. The van der Waals surface area contributed by atoms with Crippen molar-refractivity contribution in [1.29, 1.82) is 0 Å². The van der Waals surface area contributed by atoms with Crippen LogP contribution in [0.1, 0.15) is 18.3 Å². The molecule has 1 atom stereocenters. The van der Waals surface area contributed by atoms with Gasteiger partial charge in [-0.2, -0.15) is 5.10 Å². The summed E-state index contributed by atoms with van der Waals surface area (Å²) in [5, 5.41) is 4.49. The summed E-state index contributed by atoms with van der Waals surface area (Å²) in [5.74, 6) is -0.866. The number of benzene rings is 1. The number of nitrogens with zero attached hydrogens (tertiary/aromatic N) is 2. The molecule has 1 heterocycles. The molecule has 8 heteroatoms. The molecule has 1 aromatic heterocycles. The van der Waals surface area contributed by atoms with Gasteiger partial charge in [0.1, 0.15) is 10.7 Å². The maximum atomic E-state index is 13.8. The van der Waals surface area contributed by atoms with E-state index in [-0.39, 0.29) is 17.5 Å². The Morgan fingerprint density at radius 3 is 2.61 bits per heavy atom. The molecule has 0 amide bonds. The van der Waals surface area contributed by atoms with Gasteiger partial charge < -0.3 is 0 Å². The Morgan fingerprint density at radius 2 is 2.04 bits per heavy atom. The standard InChI is InChI=1S/C15H19ClFN3O2S/c1-10(9-20-12(3)6-11(2)19-20)8-18-23(21,22)15-5-4-13(16)7-14(15)17/h4-7,10,18H,8-9H2,1-3H3. The molecule has 0 aliphatic heterocycles.